The SMILES string of the molecule is O=C1CC(c2ccc(F)cc2)c2cc(C(F)(F)F)ccc21. The van der Waals surface area contributed by atoms with Gasteiger partial charge in [0.05, 0.1) is 5.56 Å². The van der Waals surface area contributed by atoms with Gasteiger partial charge >= 0.3 is 6.18 Å². The summed E-state index contributed by atoms with van der Waals surface area (Å²) >= 11 is 0. The highest BCUT2D eigenvalue weighted by Gasteiger charge is 2.36. The average Bonchev–Trinajstić information content (AvgIpc) is 2.76. The van der Waals surface area contributed by atoms with E-state index in [1.165, 1.54) is 30.3 Å². The normalized spacial score (nSPS) is 17.9. The Labute approximate surface area is 118 Å². The molecule has 1 atom stereocenters. The number of carbonyl (C=O) groups is 1. The fraction of sp³-hybridized carbons (Fsp3) is 0.188. The van der Waals surface area contributed by atoms with Crippen LogP contribution >= 0.6 is 0 Å². The van der Waals surface area contributed by atoms with Crippen LogP contribution in [0.2, 0.25) is 0 Å². The number of Topliss-reactive ketones (excluding diaryl/α,β-unsaturated/α-hetero) is 1. The lowest BCUT2D eigenvalue weighted by Gasteiger charge is -2.13. The van der Waals surface area contributed by atoms with Crippen LogP contribution in [0.1, 0.15) is 39.4 Å². The van der Waals surface area contributed by atoms with Crippen molar-refractivity contribution < 1.29 is 22.4 Å². The first-order chi connectivity index (χ1) is 9.86. The third-order valence-corrected chi connectivity index (χ3v) is 3.72. The lowest BCUT2D eigenvalue weighted by atomic mass is 9.92. The molecule has 0 saturated carbocycles. The second-order valence-corrected chi connectivity index (χ2v) is 5.03. The maximum Gasteiger partial charge on any atom is 0.416 e. The van der Waals surface area contributed by atoms with Crippen molar-refractivity contribution in [2.24, 2.45) is 0 Å². The zero-order chi connectivity index (χ0) is 15.2. The number of alkyl halides is 3. The predicted molar refractivity (Wildman–Crippen MR) is 68.6 cm³/mol. The summed E-state index contributed by atoms with van der Waals surface area (Å²) in [5, 5.41) is 0. The highest BCUT2D eigenvalue weighted by Crippen LogP contribution is 2.41. The average molecular weight is 294 g/mol. The van der Waals surface area contributed by atoms with Crippen LogP contribution in [0.5, 0.6) is 0 Å². The fourth-order valence-electron chi connectivity index (χ4n) is 2.68. The van der Waals surface area contributed by atoms with Gasteiger partial charge in [0.25, 0.3) is 0 Å². The standard InChI is InChI=1S/C16H10F4O/c17-11-4-1-9(2-5-11)13-8-15(21)12-6-3-10(7-14(12)13)16(18,19)20/h1-7,13H,8H2. The fourth-order valence-corrected chi connectivity index (χ4v) is 2.68. The van der Waals surface area contributed by atoms with Crippen LogP contribution in [-0.2, 0) is 6.18 Å². The summed E-state index contributed by atoms with van der Waals surface area (Å²) < 4.78 is 51.4. The number of fused-ring (bicyclic) bond motifs is 1. The molecule has 0 aromatic heterocycles. The van der Waals surface area contributed by atoms with E-state index in [9.17, 15) is 22.4 Å². The van der Waals surface area contributed by atoms with Crippen molar-refractivity contribution in [2.75, 3.05) is 0 Å². The van der Waals surface area contributed by atoms with Crippen LogP contribution in [0.3, 0.4) is 0 Å². The van der Waals surface area contributed by atoms with Crippen molar-refractivity contribution in [1.29, 1.82) is 0 Å². The number of benzene rings is 2. The van der Waals surface area contributed by atoms with E-state index in [1.807, 2.05) is 0 Å². The van der Waals surface area contributed by atoms with Crippen LogP contribution < -0.4 is 0 Å². The Balaban J connectivity index is 2.09. The minimum Gasteiger partial charge on any atom is -0.294 e. The first kappa shape index (κ1) is 13.8. The van der Waals surface area contributed by atoms with E-state index in [1.54, 1.807) is 0 Å². The van der Waals surface area contributed by atoms with E-state index in [-0.39, 0.29) is 12.2 Å². The third-order valence-electron chi connectivity index (χ3n) is 3.72. The van der Waals surface area contributed by atoms with Gasteiger partial charge in [-0.2, -0.15) is 13.2 Å². The Morgan fingerprint density at radius 2 is 1.67 bits per heavy atom. The summed E-state index contributed by atoms with van der Waals surface area (Å²) in [6.45, 7) is 0. The Hall–Kier alpha value is -2.17. The molecule has 5 heteroatoms. The quantitative estimate of drug-likeness (QED) is 0.704. The number of carbonyl (C=O) groups excluding carboxylic acids is 1. The second kappa shape index (κ2) is 4.69. The molecule has 0 amide bonds. The molecule has 0 heterocycles. The molecule has 21 heavy (non-hydrogen) atoms. The van der Waals surface area contributed by atoms with Crippen LogP contribution in [0, 0.1) is 5.82 Å². The lowest BCUT2D eigenvalue weighted by Crippen LogP contribution is -2.06. The van der Waals surface area contributed by atoms with Crippen molar-refractivity contribution in [3.05, 3.63) is 70.5 Å². The van der Waals surface area contributed by atoms with Gasteiger partial charge < -0.3 is 0 Å². The first-order valence-corrected chi connectivity index (χ1v) is 6.36. The summed E-state index contributed by atoms with van der Waals surface area (Å²) in [7, 11) is 0. The maximum atomic E-state index is 13.0. The zero-order valence-corrected chi connectivity index (χ0v) is 10.7. The van der Waals surface area contributed by atoms with E-state index >= 15 is 0 Å². The minimum atomic E-state index is -4.45. The molecule has 108 valence electrons. The third kappa shape index (κ3) is 2.44. The molecule has 0 N–H and O–H groups in total. The summed E-state index contributed by atoms with van der Waals surface area (Å²) in [5.74, 6) is -1.06. The monoisotopic (exact) mass is 294 g/mol. The molecule has 1 nitrogen and oxygen atoms in total. The molecule has 2 aromatic rings. The van der Waals surface area contributed by atoms with Crippen LogP contribution in [0.25, 0.3) is 0 Å². The number of hydrogen-bond acceptors (Lipinski definition) is 1. The minimum absolute atomic E-state index is 0.113. The molecule has 0 radical (unpaired) electrons. The summed E-state index contributed by atoms with van der Waals surface area (Å²) in [4.78, 5) is 11.9. The Morgan fingerprint density at radius 3 is 2.29 bits per heavy atom. The summed E-state index contributed by atoms with van der Waals surface area (Å²) in [6.07, 6.45) is -4.34. The van der Waals surface area contributed by atoms with Crippen molar-refractivity contribution in [2.45, 2.75) is 18.5 Å². The molecule has 3 rings (SSSR count). The van der Waals surface area contributed by atoms with Gasteiger partial charge in [0, 0.05) is 17.9 Å². The molecular formula is C16H10F4O. The number of halogens is 4. The van der Waals surface area contributed by atoms with Gasteiger partial charge in [-0.15, -0.1) is 0 Å². The van der Waals surface area contributed by atoms with Crippen molar-refractivity contribution >= 4 is 5.78 Å². The zero-order valence-electron chi connectivity index (χ0n) is 10.7. The molecule has 1 unspecified atom stereocenters. The Kier molecular flexibility index (Phi) is 3.08. The van der Waals surface area contributed by atoms with Crippen molar-refractivity contribution in [3.63, 3.8) is 0 Å². The van der Waals surface area contributed by atoms with E-state index < -0.39 is 23.5 Å². The van der Waals surface area contributed by atoms with Gasteiger partial charge in [-0.1, -0.05) is 18.2 Å². The molecule has 0 saturated heterocycles. The maximum absolute atomic E-state index is 13.0. The number of hydrogen-bond donors (Lipinski definition) is 0. The molecule has 0 fully saturated rings. The van der Waals surface area contributed by atoms with Crippen LogP contribution in [0.4, 0.5) is 17.6 Å². The molecular weight excluding hydrogens is 284 g/mol. The van der Waals surface area contributed by atoms with Gasteiger partial charge in [-0.3, -0.25) is 4.79 Å². The van der Waals surface area contributed by atoms with Gasteiger partial charge in [0.15, 0.2) is 5.78 Å². The van der Waals surface area contributed by atoms with Gasteiger partial charge in [-0.05, 0) is 35.4 Å². The van der Waals surface area contributed by atoms with E-state index in [0.717, 1.165) is 12.1 Å². The molecule has 0 bridgehead atoms. The lowest BCUT2D eigenvalue weighted by molar-refractivity contribution is -0.137. The van der Waals surface area contributed by atoms with E-state index in [2.05, 4.69) is 0 Å². The molecule has 1 aliphatic carbocycles. The van der Waals surface area contributed by atoms with Crippen LogP contribution in [-0.4, -0.2) is 5.78 Å². The second-order valence-electron chi connectivity index (χ2n) is 5.03. The Bertz CT molecular complexity index is 701. The van der Waals surface area contributed by atoms with Crippen LogP contribution in [0.15, 0.2) is 42.5 Å². The number of ketones is 1. The highest BCUT2D eigenvalue weighted by molar-refractivity contribution is 6.02. The highest BCUT2D eigenvalue weighted by atomic mass is 19.4. The molecule has 2 aromatic carbocycles. The van der Waals surface area contributed by atoms with Crippen molar-refractivity contribution in [3.8, 4) is 0 Å². The first-order valence-electron chi connectivity index (χ1n) is 6.36. The molecule has 0 aliphatic heterocycles. The summed E-state index contributed by atoms with van der Waals surface area (Å²) in [5.41, 5.74) is 0.546. The summed E-state index contributed by atoms with van der Waals surface area (Å²) in [6, 6.07) is 8.66. The van der Waals surface area contributed by atoms with E-state index in [0.29, 0.717) is 16.7 Å². The van der Waals surface area contributed by atoms with E-state index in [4.69, 9.17) is 0 Å². The van der Waals surface area contributed by atoms with Gasteiger partial charge in [-0.25, -0.2) is 4.39 Å². The van der Waals surface area contributed by atoms with Gasteiger partial charge in [0.2, 0.25) is 0 Å². The predicted octanol–water partition coefficient (Wildman–Crippen LogP) is 4.56. The molecule has 0 spiro atoms. The van der Waals surface area contributed by atoms with Gasteiger partial charge in [0.1, 0.15) is 5.82 Å². The Morgan fingerprint density at radius 1 is 1.00 bits per heavy atom. The topological polar surface area (TPSA) is 17.1 Å². The largest absolute Gasteiger partial charge is 0.416 e. The van der Waals surface area contributed by atoms with Crippen molar-refractivity contribution in [1.82, 2.24) is 0 Å². The number of rotatable bonds is 1. The molecule has 1 aliphatic rings. The smallest absolute Gasteiger partial charge is 0.294 e.